The van der Waals surface area contributed by atoms with Crippen LogP contribution in [0.4, 0.5) is 45.5 Å². The lowest BCUT2D eigenvalue weighted by Crippen LogP contribution is -2.59. The number of fused-ring (bicyclic) bond motifs is 48. The van der Waals surface area contributed by atoms with Gasteiger partial charge in [-0.25, -0.2) is 0 Å². The maximum absolute atomic E-state index is 2.58. The van der Waals surface area contributed by atoms with Crippen molar-refractivity contribution >= 4 is 192 Å². The standard InChI is InChI=1S/2C32H20BN.C28H18BN.C26H16BN/c1-3-11-23-19-30-27(17-21(23)9-1)28-18-22-10-2-4-12-24(22)20-32(28)34-31-16-8-6-14-26(31)25-13-5-7-15-29(25)33(30)34;1-2-11-23-20-31-27(19-22(23)10-1)32-24-12-4-3-9-21(24)17-18-29(32)33-28-15-7-5-13-25(28)26-14-6-8-16-30(26)34(31)33;1-2-10-20-19(9-1)17-18-24-23-13-5-8-16-27(23)30-26-15-7-4-12-22(26)21-11-3-6-14-25(21)29(30)28(20)24;1-3-11-21-19(9-1)20-10-2-4-13-23(20)28-24-14-6-8-18-16-15-17-7-5-12-22(27(21)28)25(17)26(18)24/h2*1-20H;1-18H;1-16H. The lowest BCUT2D eigenvalue weighted by Gasteiger charge is -2.43. The molecule has 22 aromatic carbocycles. The van der Waals surface area contributed by atoms with Crippen LogP contribution in [0.15, 0.2) is 449 Å². The van der Waals surface area contributed by atoms with Crippen LogP contribution in [0.2, 0.25) is 0 Å². The van der Waals surface area contributed by atoms with Gasteiger partial charge in [-0.1, -0.05) is 382 Å². The van der Waals surface area contributed by atoms with Crippen LogP contribution in [0.3, 0.4) is 0 Å². The highest BCUT2D eigenvalue weighted by Gasteiger charge is 2.48. The van der Waals surface area contributed by atoms with E-state index in [0.29, 0.717) is 0 Å². The molecule has 0 spiro atoms. The summed E-state index contributed by atoms with van der Waals surface area (Å²) in [5, 5.41) is 18.4. The number of rotatable bonds is 0. The van der Waals surface area contributed by atoms with E-state index in [1.165, 1.54) is 242 Å². The first-order chi connectivity index (χ1) is 62.6. The molecule has 8 aliphatic rings. The van der Waals surface area contributed by atoms with Crippen molar-refractivity contribution in [3.05, 3.63) is 449 Å². The first-order valence-electron chi connectivity index (χ1n) is 44.1. The lowest BCUT2D eigenvalue weighted by molar-refractivity contribution is 1.35. The van der Waals surface area contributed by atoms with Crippen molar-refractivity contribution in [1.82, 2.24) is 0 Å². The average molecular weight is 1590 g/mol. The maximum atomic E-state index is 2.58. The minimum absolute atomic E-state index is 0.138. The molecule has 22 aromatic rings. The summed E-state index contributed by atoms with van der Waals surface area (Å²) in [4.78, 5) is 10.3. The zero-order valence-corrected chi connectivity index (χ0v) is 68.8. The fraction of sp³-hybridized carbons (Fsp3) is 0. The van der Waals surface area contributed by atoms with Crippen molar-refractivity contribution in [3.8, 4) is 77.9 Å². The van der Waals surface area contributed by atoms with Crippen molar-refractivity contribution in [3.63, 3.8) is 0 Å². The summed E-state index contributed by atoms with van der Waals surface area (Å²) in [7, 11) is 0. The molecule has 8 aliphatic heterocycles. The van der Waals surface area contributed by atoms with Gasteiger partial charge in [0.25, 0.3) is 0 Å². The fourth-order valence-electron chi connectivity index (χ4n) is 23.1. The highest BCUT2D eigenvalue weighted by atomic mass is 15.1. The van der Waals surface area contributed by atoms with Crippen LogP contribution in [0, 0.1) is 0 Å². The van der Waals surface area contributed by atoms with Crippen molar-refractivity contribution in [1.29, 1.82) is 0 Å². The minimum Gasteiger partial charge on any atom is -0.376 e. The fourth-order valence-corrected chi connectivity index (χ4v) is 23.1. The molecule has 0 saturated carbocycles. The Labute approximate surface area is 732 Å². The van der Waals surface area contributed by atoms with E-state index in [1.54, 1.807) is 0 Å². The number of anilines is 8. The quantitative estimate of drug-likeness (QED) is 0.111. The second-order valence-electron chi connectivity index (χ2n) is 34.6. The average Bonchev–Trinajstić information content (AvgIpc) is 0.708. The van der Waals surface area contributed by atoms with E-state index in [-0.39, 0.29) is 27.4 Å². The third kappa shape index (κ3) is 10.4. The predicted octanol–water partition coefficient (Wildman–Crippen LogP) is 24.8. The van der Waals surface area contributed by atoms with E-state index in [0.717, 1.165) is 0 Å². The number of benzene rings is 22. The van der Waals surface area contributed by atoms with Gasteiger partial charge in [0, 0.05) is 89.8 Å². The molecule has 0 bridgehead atoms. The Morgan fingerprint density at radius 2 is 0.437 bits per heavy atom. The Balaban J connectivity index is 0.0000000876. The summed E-state index contributed by atoms with van der Waals surface area (Å²) in [6, 6.07) is 165. The van der Waals surface area contributed by atoms with Crippen LogP contribution < -0.4 is 62.9 Å². The smallest absolute Gasteiger partial charge is 0.330 e. The zero-order chi connectivity index (χ0) is 82.3. The van der Waals surface area contributed by atoms with Gasteiger partial charge in [-0.05, 0) is 219 Å². The molecule has 8 heteroatoms. The molecule has 0 aliphatic carbocycles. The summed E-state index contributed by atoms with van der Waals surface area (Å²) in [6.07, 6.45) is 0. The summed E-state index contributed by atoms with van der Waals surface area (Å²) in [5.74, 6) is 0. The van der Waals surface area contributed by atoms with Gasteiger partial charge in [0.2, 0.25) is 0 Å². The Morgan fingerprint density at radius 3 is 0.944 bits per heavy atom. The molecule has 0 N–H and O–H groups in total. The van der Waals surface area contributed by atoms with E-state index in [1.807, 2.05) is 0 Å². The second kappa shape index (κ2) is 27.8. The number of nitrogens with zero attached hydrogens (tertiary/aromatic N) is 4. The molecule has 578 valence electrons. The third-order valence-corrected chi connectivity index (χ3v) is 28.3. The van der Waals surface area contributed by atoms with E-state index in [4.69, 9.17) is 0 Å². The van der Waals surface area contributed by atoms with Gasteiger partial charge in [-0.2, -0.15) is 0 Å². The van der Waals surface area contributed by atoms with Gasteiger partial charge in [-0.15, -0.1) is 0 Å². The van der Waals surface area contributed by atoms with E-state index < -0.39 is 0 Å². The molecular weight excluding hydrogens is 1520 g/mol. The Bertz CT molecular complexity index is 8030. The van der Waals surface area contributed by atoms with Crippen molar-refractivity contribution in [2.75, 3.05) is 19.2 Å². The summed E-state index contributed by atoms with van der Waals surface area (Å²) in [6.45, 7) is 0.640. The van der Waals surface area contributed by atoms with Crippen molar-refractivity contribution < 1.29 is 0 Å². The zero-order valence-electron chi connectivity index (χ0n) is 68.8. The van der Waals surface area contributed by atoms with Gasteiger partial charge in [0.1, 0.15) is 0 Å². The van der Waals surface area contributed by atoms with E-state index in [9.17, 15) is 0 Å². The molecule has 4 nitrogen and oxygen atoms in total. The van der Waals surface area contributed by atoms with Crippen molar-refractivity contribution in [2.24, 2.45) is 0 Å². The van der Waals surface area contributed by atoms with Crippen LogP contribution in [-0.2, 0) is 0 Å². The summed E-state index contributed by atoms with van der Waals surface area (Å²) < 4.78 is 0. The molecule has 0 saturated heterocycles. The van der Waals surface area contributed by atoms with Gasteiger partial charge in [0.05, 0.1) is 0 Å². The van der Waals surface area contributed by atoms with E-state index >= 15 is 0 Å². The molecule has 0 radical (unpaired) electrons. The number of hydrogen-bond donors (Lipinski definition) is 0. The largest absolute Gasteiger partial charge is 0.376 e. The molecular formula is C118H74B4N4. The Kier molecular flexibility index (Phi) is 15.6. The van der Waals surface area contributed by atoms with Crippen molar-refractivity contribution in [2.45, 2.75) is 0 Å². The first kappa shape index (κ1) is 70.8. The van der Waals surface area contributed by atoms with Crippen LogP contribution >= 0.6 is 0 Å². The van der Waals surface area contributed by atoms with Crippen LogP contribution in [0.5, 0.6) is 0 Å². The Hall–Kier alpha value is -15.9. The number of hydrogen-bond acceptors (Lipinski definition) is 4. The summed E-state index contributed by atoms with van der Waals surface area (Å²) in [5.41, 5.74) is 40.0. The van der Waals surface area contributed by atoms with Gasteiger partial charge < -0.3 is 19.2 Å². The predicted molar refractivity (Wildman–Crippen MR) is 541 cm³/mol. The second-order valence-corrected chi connectivity index (χ2v) is 34.6. The normalized spacial score (nSPS) is 13.3. The molecule has 0 fully saturated rings. The topological polar surface area (TPSA) is 13.0 Å². The van der Waals surface area contributed by atoms with Crippen LogP contribution in [0.1, 0.15) is 0 Å². The first-order valence-corrected chi connectivity index (χ1v) is 44.1. The summed E-state index contributed by atoms with van der Waals surface area (Å²) >= 11 is 0. The monoisotopic (exact) mass is 1590 g/mol. The Morgan fingerprint density at radius 1 is 0.135 bits per heavy atom. The minimum atomic E-state index is 0.138. The molecule has 0 atom stereocenters. The highest BCUT2D eigenvalue weighted by molar-refractivity contribution is 6.96. The van der Waals surface area contributed by atoms with Crippen LogP contribution in [0.25, 0.3) is 153 Å². The SMILES string of the molecule is c1ccc2c(c1)B1c3c(ccc4ccccc34)-c3ccccc3N1c1ccccc1-2.c1ccc2c(c1)B1c3cc4ccccc4cc3-c3cc4ccccc4cc3N1c1ccccc1-2.c1ccc2c(c1)B1c3ccc4ccccc4c3-c3cc4ccccc4cc3N1c1ccccc1-2.c1ccc2c(c1)B1c3cccc4ccc5cccc(c5c34)N1c1ccccc1-2. The molecule has 0 aromatic heterocycles. The highest BCUT2D eigenvalue weighted by Crippen LogP contribution is 2.53. The molecule has 0 unspecified atom stereocenters. The maximum Gasteiger partial charge on any atom is 0.330 e. The van der Waals surface area contributed by atoms with Gasteiger partial charge in [0.15, 0.2) is 0 Å². The van der Waals surface area contributed by atoms with Crippen LogP contribution in [-0.4, -0.2) is 27.4 Å². The van der Waals surface area contributed by atoms with Gasteiger partial charge >= 0.3 is 27.4 Å². The lowest BCUT2D eigenvalue weighted by atomic mass is 9.42. The molecule has 8 heterocycles. The van der Waals surface area contributed by atoms with Gasteiger partial charge in [-0.3, -0.25) is 0 Å². The third-order valence-electron chi connectivity index (χ3n) is 28.3. The molecule has 126 heavy (non-hydrogen) atoms. The number of para-hydroxylation sites is 5. The van der Waals surface area contributed by atoms with E-state index in [2.05, 4.69) is 468 Å². The molecule has 30 rings (SSSR count). The molecule has 0 amide bonds.